The predicted molar refractivity (Wildman–Crippen MR) is 68.1 cm³/mol. The highest BCUT2D eigenvalue weighted by Gasteiger charge is 2.04. The van der Waals surface area contributed by atoms with E-state index in [0.717, 1.165) is 24.7 Å². The summed E-state index contributed by atoms with van der Waals surface area (Å²) in [6, 6.07) is 6.35. The lowest BCUT2D eigenvalue weighted by atomic mass is 10.2. The van der Waals surface area contributed by atoms with Crippen molar-refractivity contribution < 1.29 is 4.74 Å². The highest BCUT2D eigenvalue weighted by atomic mass is 16.5. The average Bonchev–Trinajstić information content (AvgIpc) is 2.26. The molecular formula is C12H21N3O. The Balaban J connectivity index is 2.56. The topological polar surface area (TPSA) is 37.4 Å². The molecule has 16 heavy (non-hydrogen) atoms. The molecule has 1 unspecified atom stereocenters. The summed E-state index contributed by atoms with van der Waals surface area (Å²) < 4.78 is 5.04. The Morgan fingerprint density at radius 1 is 1.44 bits per heavy atom. The summed E-state index contributed by atoms with van der Waals surface area (Å²) in [5, 5.41) is 3.35. The second-order valence-corrected chi connectivity index (χ2v) is 4.10. The standard InChI is InChI=1S/C12H21N3O/c1-10(8-9-16-4)13-11-6-5-7-12(14-11)15(2)3/h5-7,10H,8-9H2,1-4H3,(H,13,14). The molecule has 90 valence electrons. The number of hydrogen-bond acceptors (Lipinski definition) is 4. The van der Waals surface area contributed by atoms with Crippen molar-refractivity contribution in [1.29, 1.82) is 0 Å². The van der Waals surface area contributed by atoms with Crippen molar-refractivity contribution in [3.63, 3.8) is 0 Å². The third-order valence-electron chi connectivity index (χ3n) is 2.34. The van der Waals surface area contributed by atoms with E-state index in [4.69, 9.17) is 4.74 Å². The number of rotatable bonds is 6. The summed E-state index contributed by atoms with van der Waals surface area (Å²) in [4.78, 5) is 6.49. The SMILES string of the molecule is COCCC(C)Nc1cccc(N(C)C)n1. The van der Waals surface area contributed by atoms with Gasteiger partial charge in [0.1, 0.15) is 11.6 Å². The van der Waals surface area contributed by atoms with Crippen molar-refractivity contribution in [1.82, 2.24) is 4.98 Å². The van der Waals surface area contributed by atoms with E-state index >= 15 is 0 Å². The van der Waals surface area contributed by atoms with Gasteiger partial charge in [-0.3, -0.25) is 0 Å². The minimum absolute atomic E-state index is 0.366. The first kappa shape index (κ1) is 12.8. The van der Waals surface area contributed by atoms with Crippen LogP contribution in [0.15, 0.2) is 18.2 Å². The zero-order valence-corrected chi connectivity index (χ0v) is 10.5. The van der Waals surface area contributed by atoms with E-state index in [1.807, 2.05) is 37.2 Å². The van der Waals surface area contributed by atoms with Crippen LogP contribution in [0.3, 0.4) is 0 Å². The summed E-state index contributed by atoms with van der Waals surface area (Å²) in [7, 11) is 5.69. The molecule has 0 fully saturated rings. The van der Waals surface area contributed by atoms with Crippen LogP contribution >= 0.6 is 0 Å². The fraction of sp³-hybridized carbons (Fsp3) is 0.583. The summed E-state index contributed by atoms with van der Waals surface area (Å²) in [6.07, 6.45) is 0.977. The number of anilines is 2. The largest absolute Gasteiger partial charge is 0.385 e. The van der Waals surface area contributed by atoms with Crippen LogP contribution in [0.2, 0.25) is 0 Å². The normalized spacial score (nSPS) is 12.2. The Kier molecular flexibility index (Phi) is 5.05. The van der Waals surface area contributed by atoms with Gasteiger partial charge >= 0.3 is 0 Å². The maximum Gasteiger partial charge on any atom is 0.130 e. The van der Waals surface area contributed by atoms with Gasteiger partial charge in [0.05, 0.1) is 0 Å². The molecular weight excluding hydrogens is 202 g/mol. The minimum atomic E-state index is 0.366. The van der Waals surface area contributed by atoms with Crippen LogP contribution in [0.25, 0.3) is 0 Å². The van der Waals surface area contributed by atoms with Crippen molar-refractivity contribution in [3.05, 3.63) is 18.2 Å². The number of methoxy groups -OCH3 is 1. The van der Waals surface area contributed by atoms with E-state index < -0.39 is 0 Å². The van der Waals surface area contributed by atoms with E-state index in [0.29, 0.717) is 6.04 Å². The molecule has 0 amide bonds. The van der Waals surface area contributed by atoms with E-state index in [-0.39, 0.29) is 0 Å². The van der Waals surface area contributed by atoms with Gasteiger partial charge < -0.3 is 15.0 Å². The van der Waals surface area contributed by atoms with Crippen LogP contribution < -0.4 is 10.2 Å². The monoisotopic (exact) mass is 223 g/mol. The molecule has 4 heteroatoms. The zero-order chi connectivity index (χ0) is 12.0. The molecule has 1 aromatic heterocycles. The molecule has 1 N–H and O–H groups in total. The molecule has 4 nitrogen and oxygen atoms in total. The van der Waals surface area contributed by atoms with Gasteiger partial charge in [-0.25, -0.2) is 4.98 Å². The zero-order valence-electron chi connectivity index (χ0n) is 10.5. The Morgan fingerprint density at radius 2 is 2.19 bits per heavy atom. The van der Waals surface area contributed by atoms with Crippen molar-refractivity contribution in [3.8, 4) is 0 Å². The van der Waals surface area contributed by atoms with Gasteiger partial charge in [-0.2, -0.15) is 0 Å². The van der Waals surface area contributed by atoms with Crippen LogP contribution in [0.5, 0.6) is 0 Å². The summed E-state index contributed by atoms with van der Waals surface area (Å²) in [5.41, 5.74) is 0. The van der Waals surface area contributed by atoms with E-state index in [2.05, 4.69) is 17.2 Å². The maximum absolute atomic E-state index is 5.04. The molecule has 0 aliphatic rings. The van der Waals surface area contributed by atoms with Gasteiger partial charge in [0.2, 0.25) is 0 Å². The lowest BCUT2D eigenvalue weighted by molar-refractivity contribution is 0.191. The van der Waals surface area contributed by atoms with Crippen molar-refractivity contribution in [2.75, 3.05) is 38.0 Å². The molecule has 1 rings (SSSR count). The lowest BCUT2D eigenvalue weighted by Gasteiger charge is -2.16. The average molecular weight is 223 g/mol. The smallest absolute Gasteiger partial charge is 0.130 e. The fourth-order valence-electron chi connectivity index (χ4n) is 1.37. The molecule has 0 saturated heterocycles. The third kappa shape index (κ3) is 4.06. The number of aromatic nitrogens is 1. The molecule has 1 atom stereocenters. The minimum Gasteiger partial charge on any atom is -0.385 e. The number of hydrogen-bond donors (Lipinski definition) is 1. The highest BCUT2D eigenvalue weighted by Crippen LogP contribution is 2.12. The summed E-state index contributed by atoms with van der Waals surface area (Å²) >= 11 is 0. The molecule has 0 aliphatic carbocycles. The van der Waals surface area contributed by atoms with Crippen molar-refractivity contribution in [2.45, 2.75) is 19.4 Å². The summed E-state index contributed by atoms with van der Waals surface area (Å²) in [5.74, 6) is 1.87. The van der Waals surface area contributed by atoms with E-state index in [9.17, 15) is 0 Å². The third-order valence-corrected chi connectivity index (χ3v) is 2.34. The van der Waals surface area contributed by atoms with Gasteiger partial charge in [0.25, 0.3) is 0 Å². The lowest BCUT2D eigenvalue weighted by Crippen LogP contribution is -2.19. The number of nitrogens with zero attached hydrogens (tertiary/aromatic N) is 2. The molecule has 0 aromatic carbocycles. The van der Waals surface area contributed by atoms with Gasteiger partial charge in [-0.05, 0) is 25.5 Å². The first-order valence-corrected chi connectivity index (χ1v) is 5.53. The highest BCUT2D eigenvalue weighted by molar-refractivity contribution is 5.46. The van der Waals surface area contributed by atoms with Crippen LogP contribution in [0.1, 0.15) is 13.3 Å². The predicted octanol–water partition coefficient (Wildman–Crippen LogP) is 1.98. The first-order valence-electron chi connectivity index (χ1n) is 5.53. The second kappa shape index (κ2) is 6.33. The molecule has 1 aromatic rings. The Hall–Kier alpha value is -1.29. The van der Waals surface area contributed by atoms with Crippen molar-refractivity contribution >= 4 is 11.6 Å². The quantitative estimate of drug-likeness (QED) is 0.800. The number of ether oxygens (including phenoxy) is 1. The second-order valence-electron chi connectivity index (χ2n) is 4.10. The Labute approximate surface area is 97.6 Å². The molecule has 0 saturated carbocycles. The molecule has 1 heterocycles. The van der Waals surface area contributed by atoms with E-state index in [1.165, 1.54) is 0 Å². The maximum atomic E-state index is 5.04. The van der Waals surface area contributed by atoms with Gasteiger partial charge in [0.15, 0.2) is 0 Å². The molecule has 0 radical (unpaired) electrons. The van der Waals surface area contributed by atoms with E-state index in [1.54, 1.807) is 7.11 Å². The molecule has 0 spiro atoms. The van der Waals surface area contributed by atoms with Gasteiger partial charge in [-0.1, -0.05) is 6.07 Å². The fourth-order valence-corrected chi connectivity index (χ4v) is 1.37. The van der Waals surface area contributed by atoms with Gasteiger partial charge in [-0.15, -0.1) is 0 Å². The Morgan fingerprint density at radius 3 is 2.81 bits per heavy atom. The van der Waals surface area contributed by atoms with Gasteiger partial charge in [0, 0.05) is 33.9 Å². The van der Waals surface area contributed by atoms with Crippen LogP contribution in [0.4, 0.5) is 11.6 Å². The molecule has 0 bridgehead atoms. The molecule has 0 aliphatic heterocycles. The number of pyridine rings is 1. The summed E-state index contributed by atoms with van der Waals surface area (Å²) in [6.45, 7) is 2.89. The Bertz CT molecular complexity index is 315. The van der Waals surface area contributed by atoms with Crippen molar-refractivity contribution in [2.24, 2.45) is 0 Å². The number of nitrogens with one attached hydrogen (secondary N) is 1. The first-order chi connectivity index (χ1) is 7.63. The van der Waals surface area contributed by atoms with Crippen LogP contribution in [-0.4, -0.2) is 38.8 Å². The van der Waals surface area contributed by atoms with Crippen LogP contribution in [0, 0.1) is 0 Å². The van der Waals surface area contributed by atoms with Crippen LogP contribution in [-0.2, 0) is 4.74 Å².